The van der Waals surface area contributed by atoms with Crippen LogP contribution in [0.25, 0.3) is 10.8 Å². The molecule has 0 spiro atoms. The van der Waals surface area contributed by atoms with E-state index in [0.717, 1.165) is 28.2 Å². The highest BCUT2D eigenvalue weighted by molar-refractivity contribution is 8.32. The highest BCUT2D eigenvalue weighted by Gasteiger charge is 2.09. The smallest absolute Gasteiger partial charge is 0.374 e. The first-order chi connectivity index (χ1) is 9.20. The quantitative estimate of drug-likeness (QED) is 0.654. The Morgan fingerprint density at radius 3 is 2.79 bits per heavy atom. The van der Waals surface area contributed by atoms with Crippen molar-refractivity contribution in [3.8, 4) is 0 Å². The van der Waals surface area contributed by atoms with Gasteiger partial charge >= 0.3 is 5.30 Å². The summed E-state index contributed by atoms with van der Waals surface area (Å²) in [6.45, 7) is 2.11. The zero-order valence-corrected chi connectivity index (χ0v) is 12.0. The maximum absolute atomic E-state index is 11.3. The number of carbonyl (C=O) groups is 1. The van der Waals surface area contributed by atoms with Crippen molar-refractivity contribution in [3.05, 3.63) is 42.5 Å². The van der Waals surface area contributed by atoms with E-state index >= 15 is 0 Å². The van der Waals surface area contributed by atoms with Crippen LogP contribution in [0.1, 0.15) is 6.92 Å². The van der Waals surface area contributed by atoms with E-state index in [1.807, 2.05) is 42.5 Å². The van der Waals surface area contributed by atoms with Gasteiger partial charge in [0.15, 0.2) is 0 Å². The zero-order valence-electron chi connectivity index (χ0n) is 10.4. The van der Waals surface area contributed by atoms with Crippen LogP contribution in [0.2, 0.25) is 0 Å². The molecule has 3 nitrogen and oxygen atoms in total. The number of hydrogen-bond donors (Lipinski definition) is 1. The molecule has 0 heterocycles. The van der Waals surface area contributed by atoms with Gasteiger partial charge in [-0.05, 0) is 18.4 Å². The third-order valence-electron chi connectivity index (χ3n) is 2.46. The van der Waals surface area contributed by atoms with Gasteiger partial charge in [0.1, 0.15) is 4.32 Å². The Bertz CT molecular complexity index is 608. The Balaban J connectivity index is 2.13. The second-order valence-electron chi connectivity index (χ2n) is 3.72. The van der Waals surface area contributed by atoms with Crippen molar-refractivity contribution in [1.29, 1.82) is 0 Å². The van der Waals surface area contributed by atoms with E-state index in [1.165, 1.54) is 0 Å². The molecule has 1 N–H and O–H groups in total. The van der Waals surface area contributed by atoms with Crippen molar-refractivity contribution in [3.63, 3.8) is 0 Å². The first-order valence-electron chi connectivity index (χ1n) is 5.84. The van der Waals surface area contributed by atoms with Gasteiger partial charge in [0, 0.05) is 22.8 Å². The van der Waals surface area contributed by atoms with Gasteiger partial charge in [-0.2, -0.15) is 0 Å². The maximum atomic E-state index is 11.3. The van der Waals surface area contributed by atoms with E-state index in [9.17, 15) is 4.79 Å². The number of nitrogens with one attached hydrogen (secondary N) is 1. The molecular weight excluding hydrogens is 278 g/mol. The van der Waals surface area contributed by atoms with Crippen molar-refractivity contribution in [2.45, 2.75) is 6.92 Å². The van der Waals surface area contributed by atoms with E-state index < -0.39 is 0 Å². The monoisotopic (exact) mass is 291 g/mol. The average molecular weight is 291 g/mol. The zero-order chi connectivity index (χ0) is 13.7. The van der Waals surface area contributed by atoms with Crippen LogP contribution in [0.5, 0.6) is 0 Å². The number of thiocarbonyl (C=S) groups is 1. The summed E-state index contributed by atoms with van der Waals surface area (Å²) in [5, 5.41) is 4.87. The summed E-state index contributed by atoms with van der Waals surface area (Å²) >= 11 is 6.03. The summed E-state index contributed by atoms with van der Waals surface area (Å²) in [7, 11) is 0. The number of thioether (sulfide) groups is 1. The second-order valence-corrected chi connectivity index (χ2v) is 5.34. The number of benzene rings is 2. The van der Waals surface area contributed by atoms with Crippen molar-refractivity contribution < 1.29 is 9.53 Å². The van der Waals surface area contributed by atoms with Crippen LogP contribution in [0, 0.1) is 0 Å². The lowest BCUT2D eigenvalue weighted by atomic mass is 10.1. The fourth-order valence-electron chi connectivity index (χ4n) is 1.69. The van der Waals surface area contributed by atoms with Gasteiger partial charge in [0.25, 0.3) is 0 Å². The molecule has 0 saturated carbocycles. The number of ether oxygens (including phenoxy) is 1. The summed E-state index contributed by atoms with van der Waals surface area (Å²) in [6.07, 6.45) is 0. The first-order valence-corrected chi connectivity index (χ1v) is 7.06. The lowest BCUT2D eigenvalue weighted by Gasteiger charge is -2.09. The minimum Gasteiger partial charge on any atom is -0.458 e. The minimum atomic E-state index is -0.389. The molecule has 0 fully saturated rings. The number of rotatable bonds is 2. The summed E-state index contributed by atoms with van der Waals surface area (Å²) in [5.41, 5.74) is 0.889. The standard InChI is InChI=1S/C14H13NO2S2/c1-2-17-14(16)19-13(18)15-12-9-5-7-10-6-3-4-8-11(10)12/h3-9H,2H2,1H3,(H,15,18). The predicted molar refractivity (Wildman–Crippen MR) is 84.8 cm³/mol. The Morgan fingerprint density at radius 1 is 1.26 bits per heavy atom. The summed E-state index contributed by atoms with van der Waals surface area (Å²) < 4.78 is 5.22. The van der Waals surface area contributed by atoms with Crippen LogP contribution in [0.4, 0.5) is 10.5 Å². The summed E-state index contributed by atoms with van der Waals surface area (Å²) in [5.74, 6) is 0. The minimum absolute atomic E-state index is 0.350. The summed E-state index contributed by atoms with van der Waals surface area (Å²) in [6, 6.07) is 13.9. The van der Waals surface area contributed by atoms with Crippen molar-refractivity contribution >= 4 is 50.1 Å². The van der Waals surface area contributed by atoms with E-state index in [0.29, 0.717) is 10.9 Å². The molecule has 0 saturated heterocycles. The van der Waals surface area contributed by atoms with Crippen LogP contribution in [0.3, 0.4) is 0 Å². The molecule has 0 unspecified atom stereocenters. The SMILES string of the molecule is CCOC(=O)SC(=S)Nc1cccc2ccccc12. The molecule has 2 rings (SSSR count). The number of hydrogen-bond acceptors (Lipinski definition) is 4. The molecule has 2 aromatic rings. The predicted octanol–water partition coefficient (Wildman–Crippen LogP) is 4.43. The van der Waals surface area contributed by atoms with Crippen LogP contribution < -0.4 is 5.32 Å². The molecular formula is C14H13NO2S2. The van der Waals surface area contributed by atoms with E-state index in [-0.39, 0.29) is 5.30 Å². The third kappa shape index (κ3) is 3.68. The van der Waals surface area contributed by atoms with E-state index in [1.54, 1.807) is 6.92 Å². The fourth-order valence-corrected chi connectivity index (χ4v) is 2.50. The highest BCUT2D eigenvalue weighted by Crippen LogP contribution is 2.24. The molecule has 0 aliphatic rings. The molecule has 0 atom stereocenters. The molecule has 98 valence electrons. The van der Waals surface area contributed by atoms with Crippen molar-refractivity contribution in [2.24, 2.45) is 0 Å². The molecule has 2 aromatic carbocycles. The van der Waals surface area contributed by atoms with Crippen LogP contribution in [-0.4, -0.2) is 16.2 Å². The van der Waals surface area contributed by atoms with Gasteiger partial charge in [-0.25, -0.2) is 4.79 Å². The van der Waals surface area contributed by atoms with Gasteiger partial charge in [0.05, 0.1) is 6.61 Å². The lowest BCUT2D eigenvalue weighted by Crippen LogP contribution is -2.09. The van der Waals surface area contributed by atoms with E-state index in [2.05, 4.69) is 5.32 Å². The lowest BCUT2D eigenvalue weighted by molar-refractivity contribution is 0.182. The maximum Gasteiger partial charge on any atom is 0.374 e. The number of carbonyl (C=O) groups excluding carboxylic acids is 1. The Labute approximate surface area is 121 Å². The van der Waals surface area contributed by atoms with Gasteiger partial charge in [-0.1, -0.05) is 48.6 Å². The van der Waals surface area contributed by atoms with Gasteiger partial charge in [-0.3, -0.25) is 0 Å². The highest BCUT2D eigenvalue weighted by atomic mass is 32.2. The number of anilines is 1. The normalized spacial score (nSPS) is 10.2. The molecule has 0 amide bonds. The fraction of sp³-hybridized carbons (Fsp3) is 0.143. The molecule has 0 aliphatic heterocycles. The molecule has 0 aromatic heterocycles. The topological polar surface area (TPSA) is 38.3 Å². The Kier molecular flexibility index (Phi) is 4.76. The van der Waals surface area contributed by atoms with Gasteiger partial charge < -0.3 is 10.1 Å². The first kappa shape index (κ1) is 13.8. The molecule has 19 heavy (non-hydrogen) atoms. The van der Waals surface area contributed by atoms with Gasteiger partial charge in [-0.15, -0.1) is 0 Å². The average Bonchev–Trinajstić information content (AvgIpc) is 2.39. The largest absolute Gasteiger partial charge is 0.458 e. The van der Waals surface area contributed by atoms with Crippen LogP contribution in [0.15, 0.2) is 42.5 Å². The molecule has 0 radical (unpaired) electrons. The molecule has 0 bridgehead atoms. The van der Waals surface area contributed by atoms with Crippen molar-refractivity contribution in [2.75, 3.05) is 11.9 Å². The number of fused-ring (bicyclic) bond motifs is 1. The molecule has 0 aliphatic carbocycles. The van der Waals surface area contributed by atoms with Gasteiger partial charge in [0.2, 0.25) is 0 Å². The third-order valence-corrected chi connectivity index (χ3v) is 3.39. The second kappa shape index (κ2) is 6.54. The Morgan fingerprint density at radius 2 is 2.00 bits per heavy atom. The van der Waals surface area contributed by atoms with E-state index in [4.69, 9.17) is 17.0 Å². The van der Waals surface area contributed by atoms with Crippen LogP contribution >= 0.6 is 24.0 Å². The summed E-state index contributed by atoms with van der Waals surface area (Å²) in [4.78, 5) is 11.3. The van der Waals surface area contributed by atoms with Crippen LogP contribution in [-0.2, 0) is 4.74 Å². The van der Waals surface area contributed by atoms with Crippen molar-refractivity contribution in [1.82, 2.24) is 0 Å². The molecule has 5 heteroatoms. The Hall–Kier alpha value is -1.59.